The highest BCUT2D eigenvalue weighted by molar-refractivity contribution is 5.82. The minimum Gasteiger partial charge on any atom is -0.497 e. The second kappa shape index (κ2) is 9.53. The molecular weight excluding hydrogens is 458 g/mol. The van der Waals surface area contributed by atoms with E-state index >= 15 is 0 Å². The molecule has 9 heteroatoms. The third-order valence-corrected chi connectivity index (χ3v) is 6.01. The van der Waals surface area contributed by atoms with Crippen LogP contribution < -0.4 is 19.8 Å². The number of rotatable bonds is 7. The van der Waals surface area contributed by atoms with Gasteiger partial charge in [-0.1, -0.05) is 35.5 Å². The second-order valence-electron chi connectivity index (χ2n) is 8.19. The Labute approximate surface area is 207 Å². The van der Waals surface area contributed by atoms with E-state index in [-0.39, 0.29) is 5.56 Å². The van der Waals surface area contributed by atoms with Crippen LogP contribution in [-0.2, 0) is 6.54 Å². The average molecular weight is 484 g/mol. The van der Waals surface area contributed by atoms with Gasteiger partial charge in [-0.2, -0.15) is 0 Å². The Kier molecular flexibility index (Phi) is 6.12. The van der Waals surface area contributed by atoms with E-state index in [0.29, 0.717) is 34.8 Å². The number of benzene rings is 3. The molecule has 36 heavy (non-hydrogen) atoms. The van der Waals surface area contributed by atoms with Crippen molar-refractivity contribution in [2.24, 2.45) is 0 Å². The van der Waals surface area contributed by atoms with Crippen LogP contribution in [0.2, 0.25) is 0 Å². The Hall–Kier alpha value is -4.66. The molecule has 2 aromatic heterocycles. The Morgan fingerprint density at radius 2 is 1.67 bits per heavy atom. The van der Waals surface area contributed by atoms with Gasteiger partial charge in [-0.15, -0.1) is 5.10 Å². The van der Waals surface area contributed by atoms with Gasteiger partial charge in [0, 0.05) is 11.6 Å². The van der Waals surface area contributed by atoms with Crippen molar-refractivity contribution in [2.75, 3.05) is 21.3 Å². The summed E-state index contributed by atoms with van der Waals surface area (Å²) >= 11 is 0. The molecular formula is C27H25N5O4. The topological polar surface area (TPSA) is 93.3 Å². The first-order chi connectivity index (χ1) is 17.5. The molecule has 0 radical (unpaired) electrons. The lowest BCUT2D eigenvalue weighted by Crippen LogP contribution is -2.24. The van der Waals surface area contributed by atoms with Gasteiger partial charge in [-0.05, 0) is 36.8 Å². The zero-order valence-electron chi connectivity index (χ0n) is 20.4. The molecule has 182 valence electrons. The van der Waals surface area contributed by atoms with Crippen LogP contribution in [-0.4, -0.2) is 45.9 Å². The van der Waals surface area contributed by atoms with E-state index in [2.05, 4.69) is 15.3 Å². The predicted molar refractivity (Wildman–Crippen MR) is 136 cm³/mol. The molecule has 5 rings (SSSR count). The number of fused-ring (bicyclic) bond motifs is 1. The first-order valence-corrected chi connectivity index (χ1v) is 11.3. The van der Waals surface area contributed by atoms with Gasteiger partial charge < -0.3 is 14.2 Å². The van der Waals surface area contributed by atoms with Gasteiger partial charge in [0.2, 0.25) is 0 Å². The van der Waals surface area contributed by atoms with Gasteiger partial charge in [0.05, 0.1) is 50.7 Å². The standard InChI is InChI=1S/C27H25N5O4/c1-17-28-22-14-26(36-4)25(35-3)13-21(22)27(33)32(17)24-11-6-5-8-19(24)15-31-16-23(29-30-31)18-9-7-10-20(12-18)34-2/h5-14,16H,15H2,1-4H3. The lowest BCUT2D eigenvalue weighted by molar-refractivity contribution is 0.355. The molecule has 0 atom stereocenters. The Morgan fingerprint density at radius 3 is 2.44 bits per heavy atom. The maximum absolute atomic E-state index is 13.7. The van der Waals surface area contributed by atoms with Gasteiger partial charge in [0.1, 0.15) is 17.3 Å². The van der Waals surface area contributed by atoms with Gasteiger partial charge in [-0.3, -0.25) is 9.36 Å². The molecule has 0 bridgehead atoms. The van der Waals surface area contributed by atoms with Crippen LogP contribution in [0.1, 0.15) is 11.4 Å². The first-order valence-electron chi connectivity index (χ1n) is 11.3. The molecule has 0 fully saturated rings. The monoisotopic (exact) mass is 483 g/mol. The molecule has 5 aromatic rings. The van der Waals surface area contributed by atoms with Crippen LogP contribution in [0, 0.1) is 6.92 Å². The van der Waals surface area contributed by atoms with Crippen LogP contribution in [0.15, 0.2) is 71.7 Å². The number of aryl methyl sites for hydroxylation is 1. The Balaban J connectivity index is 1.56. The Morgan fingerprint density at radius 1 is 0.889 bits per heavy atom. The molecule has 0 aliphatic carbocycles. The lowest BCUT2D eigenvalue weighted by Gasteiger charge is -2.16. The van der Waals surface area contributed by atoms with Crippen molar-refractivity contribution in [1.82, 2.24) is 24.5 Å². The summed E-state index contributed by atoms with van der Waals surface area (Å²) in [7, 11) is 4.72. The van der Waals surface area contributed by atoms with E-state index in [1.54, 1.807) is 35.6 Å². The van der Waals surface area contributed by atoms with Crippen molar-refractivity contribution in [1.29, 1.82) is 0 Å². The highest BCUT2D eigenvalue weighted by atomic mass is 16.5. The predicted octanol–water partition coefficient (Wildman–Crippen LogP) is 4.03. The van der Waals surface area contributed by atoms with E-state index in [1.807, 2.05) is 61.7 Å². The molecule has 3 aromatic carbocycles. The second-order valence-corrected chi connectivity index (χ2v) is 8.19. The highest BCUT2D eigenvalue weighted by Gasteiger charge is 2.17. The number of methoxy groups -OCH3 is 3. The minimum absolute atomic E-state index is 0.193. The zero-order chi connectivity index (χ0) is 25.2. The van der Waals surface area contributed by atoms with Gasteiger partial charge in [0.25, 0.3) is 5.56 Å². The van der Waals surface area contributed by atoms with Crippen LogP contribution in [0.25, 0.3) is 27.8 Å². The summed E-state index contributed by atoms with van der Waals surface area (Å²) < 4.78 is 19.5. The summed E-state index contributed by atoms with van der Waals surface area (Å²) in [6.45, 7) is 2.23. The summed E-state index contributed by atoms with van der Waals surface area (Å²) in [5.74, 6) is 2.30. The molecule has 2 heterocycles. The maximum atomic E-state index is 13.7. The van der Waals surface area contributed by atoms with E-state index in [0.717, 1.165) is 28.3 Å². The number of nitrogens with zero attached hydrogens (tertiary/aromatic N) is 5. The lowest BCUT2D eigenvalue weighted by atomic mass is 10.1. The quantitative estimate of drug-likeness (QED) is 0.345. The fraction of sp³-hybridized carbons (Fsp3) is 0.185. The third kappa shape index (κ3) is 4.15. The largest absolute Gasteiger partial charge is 0.497 e. The molecule has 0 unspecified atom stereocenters. The van der Waals surface area contributed by atoms with E-state index in [4.69, 9.17) is 14.2 Å². The number of aromatic nitrogens is 5. The summed E-state index contributed by atoms with van der Waals surface area (Å²) in [4.78, 5) is 18.3. The molecule has 0 saturated carbocycles. The first kappa shape index (κ1) is 23.1. The van der Waals surface area contributed by atoms with Gasteiger partial charge in [0.15, 0.2) is 11.5 Å². The normalized spacial score (nSPS) is 11.0. The van der Waals surface area contributed by atoms with E-state index in [1.165, 1.54) is 7.11 Å². The number of hydrogen-bond donors (Lipinski definition) is 0. The van der Waals surface area contributed by atoms with Gasteiger partial charge >= 0.3 is 0 Å². The summed E-state index contributed by atoms with van der Waals surface area (Å²) in [6, 6.07) is 18.7. The van der Waals surface area contributed by atoms with Crippen molar-refractivity contribution < 1.29 is 14.2 Å². The average Bonchev–Trinajstić information content (AvgIpc) is 3.37. The van der Waals surface area contributed by atoms with Crippen LogP contribution in [0.5, 0.6) is 17.2 Å². The van der Waals surface area contributed by atoms with Crippen molar-refractivity contribution in [2.45, 2.75) is 13.5 Å². The van der Waals surface area contributed by atoms with E-state index in [9.17, 15) is 4.79 Å². The van der Waals surface area contributed by atoms with E-state index < -0.39 is 0 Å². The summed E-state index contributed by atoms with van der Waals surface area (Å²) in [5, 5.41) is 9.07. The minimum atomic E-state index is -0.193. The van der Waals surface area contributed by atoms with Crippen molar-refractivity contribution in [3.05, 3.63) is 88.6 Å². The highest BCUT2D eigenvalue weighted by Crippen LogP contribution is 2.30. The van der Waals surface area contributed by atoms with Crippen LogP contribution in [0.3, 0.4) is 0 Å². The molecule has 0 saturated heterocycles. The molecule has 0 N–H and O–H groups in total. The number of ether oxygens (including phenoxy) is 3. The van der Waals surface area contributed by atoms with Crippen molar-refractivity contribution in [3.63, 3.8) is 0 Å². The fourth-order valence-corrected chi connectivity index (χ4v) is 4.24. The zero-order valence-corrected chi connectivity index (χ0v) is 20.4. The van der Waals surface area contributed by atoms with Crippen molar-refractivity contribution in [3.8, 4) is 34.2 Å². The summed E-state index contributed by atoms with van der Waals surface area (Å²) in [5.41, 5.74) is 3.61. The molecule has 0 aliphatic rings. The van der Waals surface area contributed by atoms with Gasteiger partial charge in [-0.25, -0.2) is 9.67 Å². The maximum Gasteiger partial charge on any atom is 0.266 e. The Bertz CT molecular complexity index is 1620. The smallest absolute Gasteiger partial charge is 0.266 e. The SMILES string of the molecule is COc1cccc(-c2cn(Cc3ccccc3-n3c(C)nc4cc(OC)c(OC)cc4c3=O)nn2)c1. The van der Waals surface area contributed by atoms with Crippen molar-refractivity contribution >= 4 is 10.9 Å². The number of hydrogen-bond acceptors (Lipinski definition) is 7. The molecule has 0 aliphatic heterocycles. The van der Waals surface area contributed by atoms with Crippen LogP contribution in [0.4, 0.5) is 0 Å². The van der Waals surface area contributed by atoms with Crippen LogP contribution >= 0.6 is 0 Å². The molecule has 0 spiro atoms. The molecule has 9 nitrogen and oxygen atoms in total. The third-order valence-electron chi connectivity index (χ3n) is 6.01. The summed E-state index contributed by atoms with van der Waals surface area (Å²) in [6.07, 6.45) is 1.87. The fourth-order valence-electron chi connectivity index (χ4n) is 4.24. The number of para-hydroxylation sites is 1. The molecule has 0 amide bonds.